The lowest BCUT2D eigenvalue weighted by Crippen LogP contribution is -2.37. The molecule has 0 aromatic heterocycles. The number of hydrogen-bond acceptors (Lipinski definition) is 4. The first-order chi connectivity index (χ1) is 16.5. The minimum atomic E-state index is -0.574. The van der Waals surface area contributed by atoms with Crippen LogP contribution in [0.5, 0.6) is 0 Å². The van der Waals surface area contributed by atoms with E-state index in [-0.39, 0.29) is 30.7 Å². The average Bonchev–Trinajstić information content (AvgIpc) is 2.84. The zero-order chi connectivity index (χ0) is 24.2. The molecule has 2 amide bonds. The van der Waals surface area contributed by atoms with Gasteiger partial charge in [-0.25, -0.2) is 0 Å². The Bertz CT molecular complexity index is 976. The fourth-order valence-electron chi connectivity index (χ4n) is 3.74. The molecule has 3 rings (SSSR count). The van der Waals surface area contributed by atoms with Crippen LogP contribution in [0.15, 0.2) is 66.7 Å². The number of hydrogen-bond donors (Lipinski definition) is 2. The molecule has 180 valence electrons. The Morgan fingerprint density at radius 1 is 1.03 bits per heavy atom. The molecule has 0 bridgehead atoms. The number of ether oxygens (including phenoxy) is 1. The SMILES string of the molecule is O=C(C[C@H]1C/C=C/CCCCC(=O)O[C@H](c2ccccc2)CNC1=O)NCc1ccc(Cl)cc1. The van der Waals surface area contributed by atoms with Gasteiger partial charge < -0.3 is 15.4 Å². The van der Waals surface area contributed by atoms with E-state index in [1.807, 2.05) is 54.6 Å². The second-order valence-corrected chi connectivity index (χ2v) is 8.83. The summed E-state index contributed by atoms with van der Waals surface area (Å²) < 4.78 is 5.68. The number of amides is 2. The average molecular weight is 483 g/mol. The van der Waals surface area contributed by atoms with Crippen molar-refractivity contribution >= 4 is 29.4 Å². The van der Waals surface area contributed by atoms with Crippen LogP contribution in [0.4, 0.5) is 0 Å². The van der Waals surface area contributed by atoms with Crippen LogP contribution in [0.2, 0.25) is 5.02 Å². The smallest absolute Gasteiger partial charge is 0.306 e. The molecule has 0 saturated heterocycles. The number of benzene rings is 2. The molecule has 1 heterocycles. The van der Waals surface area contributed by atoms with Crippen molar-refractivity contribution in [2.24, 2.45) is 5.92 Å². The van der Waals surface area contributed by atoms with Gasteiger partial charge >= 0.3 is 5.97 Å². The van der Waals surface area contributed by atoms with Crippen molar-refractivity contribution in [3.8, 4) is 0 Å². The quantitative estimate of drug-likeness (QED) is 0.469. The summed E-state index contributed by atoms with van der Waals surface area (Å²) in [5, 5.41) is 6.41. The Morgan fingerprint density at radius 2 is 1.79 bits per heavy atom. The molecule has 2 aromatic carbocycles. The number of esters is 1. The number of cyclic esters (lactones) is 1. The molecule has 1 aliphatic rings. The Morgan fingerprint density at radius 3 is 2.56 bits per heavy atom. The Hall–Kier alpha value is -3.12. The monoisotopic (exact) mass is 482 g/mol. The highest BCUT2D eigenvalue weighted by atomic mass is 35.5. The van der Waals surface area contributed by atoms with Gasteiger partial charge in [-0.05, 0) is 48.9 Å². The fourth-order valence-corrected chi connectivity index (χ4v) is 3.87. The van der Waals surface area contributed by atoms with Crippen molar-refractivity contribution < 1.29 is 19.1 Å². The van der Waals surface area contributed by atoms with Gasteiger partial charge in [-0.15, -0.1) is 0 Å². The van der Waals surface area contributed by atoms with Gasteiger partial charge in [-0.3, -0.25) is 14.4 Å². The normalized spacial score (nSPS) is 21.0. The summed E-state index contributed by atoms with van der Waals surface area (Å²) in [6, 6.07) is 16.6. The van der Waals surface area contributed by atoms with Gasteiger partial charge in [-0.1, -0.05) is 66.2 Å². The minimum Gasteiger partial charge on any atom is -0.456 e. The van der Waals surface area contributed by atoms with Gasteiger partial charge in [0.15, 0.2) is 0 Å². The molecule has 2 N–H and O–H groups in total. The van der Waals surface area contributed by atoms with Crippen LogP contribution >= 0.6 is 11.6 Å². The third-order valence-corrected chi connectivity index (χ3v) is 5.95. The van der Waals surface area contributed by atoms with Crippen LogP contribution in [0.3, 0.4) is 0 Å². The predicted octanol–water partition coefficient (Wildman–Crippen LogP) is 4.88. The number of halogens is 1. The van der Waals surface area contributed by atoms with E-state index < -0.39 is 12.0 Å². The van der Waals surface area contributed by atoms with Gasteiger partial charge in [0.2, 0.25) is 11.8 Å². The van der Waals surface area contributed by atoms with E-state index in [9.17, 15) is 14.4 Å². The van der Waals surface area contributed by atoms with Gasteiger partial charge in [-0.2, -0.15) is 0 Å². The second-order valence-electron chi connectivity index (χ2n) is 8.39. The van der Waals surface area contributed by atoms with E-state index in [2.05, 4.69) is 10.6 Å². The molecule has 6 nitrogen and oxygen atoms in total. The van der Waals surface area contributed by atoms with Gasteiger partial charge in [0, 0.05) is 24.4 Å². The Kier molecular flexibility index (Phi) is 10.2. The topological polar surface area (TPSA) is 84.5 Å². The van der Waals surface area contributed by atoms with Crippen LogP contribution < -0.4 is 10.6 Å². The molecule has 0 saturated carbocycles. The van der Waals surface area contributed by atoms with Crippen molar-refractivity contribution in [2.75, 3.05) is 6.54 Å². The van der Waals surface area contributed by atoms with Crippen LogP contribution in [-0.2, 0) is 25.7 Å². The molecular weight excluding hydrogens is 452 g/mol. The molecule has 2 aromatic rings. The van der Waals surface area contributed by atoms with Crippen molar-refractivity contribution in [3.05, 3.63) is 82.9 Å². The first kappa shape index (κ1) is 25.5. The number of carbonyl (C=O) groups is 3. The molecule has 0 fully saturated rings. The van der Waals surface area contributed by atoms with Crippen LogP contribution in [0.25, 0.3) is 0 Å². The van der Waals surface area contributed by atoms with Gasteiger partial charge in [0.25, 0.3) is 0 Å². The molecule has 1 aliphatic heterocycles. The summed E-state index contributed by atoms with van der Waals surface area (Å²) in [5.41, 5.74) is 1.75. The summed E-state index contributed by atoms with van der Waals surface area (Å²) in [5.74, 6) is -1.23. The number of nitrogens with one attached hydrogen (secondary N) is 2. The summed E-state index contributed by atoms with van der Waals surface area (Å²) in [6.07, 6.45) is 6.69. The van der Waals surface area contributed by atoms with Gasteiger partial charge in [0.05, 0.1) is 12.5 Å². The highest BCUT2D eigenvalue weighted by Gasteiger charge is 2.24. The third-order valence-electron chi connectivity index (χ3n) is 5.70. The maximum absolute atomic E-state index is 13.0. The molecule has 0 aliphatic carbocycles. The van der Waals surface area contributed by atoms with E-state index >= 15 is 0 Å². The minimum absolute atomic E-state index is 0.0690. The predicted molar refractivity (Wildman–Crippen MR) is 132 cm³/mol. The zero-order valence-corrected chi connectivity index (χ0v) is 19.9. The summed E-state index contributed by atoms with van der Waals surface area (Å²) in [7, 11) is 0. The van der Waals surface area contributed by atoms with Crippen molar-refractivity contribution in [2.45, 2.75) is 51.2 Å². The highest BCUT2D eigenvalue weighted by Crippen LogP contribution is 2.20. The lowest BCUT2D eigenvalue weighted by atomic mass is 9.98. The molecule has 2 atom stereocenters. The standard InChI is InChI=1S/C27H31ClN2O4/c28-23-15-13-20(14-16-23)18-29-25(31)17-22-11-5-2-1-3-8-12-26(32)34-24(19-30-27(22)33)21-9-6-4-7-10-21/h2,4-7,9-10,13-16,22,24H,1,3,8,11-12,17-19H2,(H,29,31)(H,30,33)/b5-2+/t22-,24+/m1/s1. The van der Waals surface area contributed by atoms with E-state index in [0.29, 0.717) is 24.4 Å². The maximum atomic E-state index is 13.0. The second kappa shape index (κ2) is 13.6. The number of rotatable bonds is 5. The van der Waals surface area contributed by atoms with E-state index in [1.165, 1.54) is 0 Å². The molecule has 34 heavy (non-hydrogen) atoms. The van der Waals surface area contributed by atoms with Crippen LogP contribution in [0.1, 0.15) is 55.8 Å². The zero-order valence-electron chi connectivity index (χ0n) is 19.2. The number of carbonyl (C=O) groups excluding carboxylic acids is 3. The largest absolute Gasteiger partial charge is 0.456 e. The lowest BCUT2D eigenvalue weighted by molar-refractivity contribution is -0.150. The molecule has 0 radical (unpaired) electrons. The van der Waals surface area contributed by atoms with Crippen molar-refractivity contribution in [1.82, 2.24) is 10.6 Å². The summed E-state index contributed by atoms with van der Waals surface area (Å²) in [4.78, 5) is 37.9. The maximum Gasteiger partial charge on any atom is 0.306 e. The molecular formula is C27H31ClN2O4. The van der Waals surface area contributed by atoms with Crippen molar-refractivity contribution in [1.29, 1.82) is 0 Å². The summed E-state index contributed by atoms with van der Waals surface area (Å²) in [6.45, 7) is 0.521. The van der Waals surface area contributed by atoms with Crippen LogP contribution in [-0.4, -0.2) is 24.3 Å². The van der Waals surface area contributed by atoms with E-state index in [1.54, 1.807) is 12.1 Å². The van der Waals surface area contributed by atoms with Crippen LogP contribution in [0, 0.1) is 5.92 Å². The Balaban J connectivity index is 1.64. The first-order valence-corrected chi connectivity index (χ1v) is 12.1. The molecule has 0 unspecified atom stereocenters. The summed E-state index contributed by atoms with van der Waals surface area (Å²) >= 11 is 5.91. The highest BCUT2D eigenvalue weighted by molar-refractivity contribution is 6.30. The first-order valence-electron chi connectivity index (χ1n) is 11.7. The Labute approximate surface area is 205 Å². The molecule has 7 heteroatoms. The number of allylic oxidation sites excluding steroid dienone is 2. The fraction of sp³-hybridized carbons (Fsp3) is 0.370. The molecule has 0 spiro atoms. The van der Waals surface area contributed by atoms with E-state index in [0.717, 1.165) is 30.4 Å². The van der Waals surface area contributed by atoms with E-state index in [4.69, 9.17) is 16.3 Å². The van der Waals surface area contributed by atoms with Gasteiger partial charge in [0.1, 0.15) is 6.10 Å². The van der Waals surface area contributed by atoms with Crippen molar-refractivity contribution in [3.63, 3.8) is 0 Å². The third kappa shape index (κ3) is 8.67. The lowest BCUT2D eigenvalue weighted by Gasteiger charge is -2.21.